The summed E-state index contributed by atoms with van der Waals surface area (Å²) in [5, 5.41) is 20.7. The molecule has 0 aliphatic carbocycles. The lowest BCUT2D eigenvalue weighted by Gasteiger charge is -2.07. The van der Waals surface area contributed by atoms with Crippen LogP contribution in [-0.4, -0.2) is 16.1 Å². The molecule has 0 fully saturated rings. The summed E-state index contributed by atoms with van der Waals surface area (Å²) in [6, 6.07) is 6.76. The number of halogens is 2. The summed E-state index contributed by atoms with van der Waals surface area (Å²) in [7, 11) is 0. The summed E-state index contributed by atoms with van der Waals surface area (Å²) in [5.41, 5.74) is 0.319. The van der Waals surface area contributed by atoms with Crippen molar-refractivity contribution in [3.05, 3.63) is 53.6 Å². The van der Waals surface area contributed by atoms with E-state index < -0.39 is 17.5 Å². The molecule has 0 aliphatic rings. The Labute approximate surface area is 113 Å². The fourth-order valence-corrected chi connectivity index (χ4v) is 1.65. The van der Waals surface area contributed by atoms with Crippen molar-refractivity contribution >= 4 is 11.6 Å². The number of nitrogens with one attached hydrogen (secondary N) is 1. The van der Waals surface area contributed by atoms with E-state index in [2.05, 4.69) is 5.32 Å². The Morgan fingerprint density at radius 2 is 1.80 bits per heavy atom. The van der Waals surface area contributed by atoms with E-state index in [9.17, 15) is 18.7 Å². The first kappa shape index (κ1) is 13.8. The van der Waals surface area contributed by atoms with Gasteiger partial charge >= 0.3 is 0 Å². The minimum Gasteiger partial charge on any atom is -0.504 e. The Bertz CT molecular complexity index is 659. The average molecular weight is 279 g/mol. The number of amides is 1. The van der Waals surface area contributed by atoms with E-state index in [1.807, 2.05) is 0 Å². The van der Waals surface area contributed by atoms with Crippen LogP contribution in [0, 0.1) is 11.6 Å². The predicted molar refractivity (Wildman–Crippen MR) is 68.5 cm³/mol. The monoisotopic (exact) mass is 279 g/mol. The number of benzene rings is 2. The molecule has 6 heteroatoms. The molecular formula is C14H11F2NO3. The molecule has 0 spiro atoms. The second-order valence-corrected chi connectivity index (χ2v) is 4.17. The van der Waals surface area contributed by atoms with Gasteiger partial charge in [-0.25, -0.2) is 8.78 Å². The van der Waals surface area contributed by atoms with E-state index in [1.165, 1.54) is 18.2 Å². The van der Waals surface area contributed by atoms with Crippen LogP contribution in [-0.2, 0) is 11.2 Å². The minimum atomic E-state index is -0.869. The van der Waals surface area contributed by atoms with Crippen LogP contribution in [0.1, 0.15) is 5.56 Å². The van der Waals surface area contributed by atoms with Crippen LogP contribution in [0.4, 0.5) is 14.5 Å². The van der Waals surface area contributed by atoms with Crippen molar-refractivity contribution in [1.29, 1.82) is 0 Å². The number of rotatable bonds is 3. The van der Waals surface area contributed by atoms with Crippen LogP contribution in [0.2, 0.25) is 0 Å². The maximum atomic E-state index is 13.3. The van der Waals surface area contributed by atoms with E-state index in [0.29, 0.717) is 11.6 Å². The molecule has 3 N–H and O–H groups in total. The van der Waals surface area contributed by atoms with Gasteiger partial charge in [0, 0.05) is 6.07 Å². The molecule has 0 aromatic heterocycles. The molecule has 104 valence electrons. The summed E-state index contributed by atoms with van der Waals surface area (Å²) < 4.78 is 26.0. The third kappa shape index (κ3) is 3.23. The number of anilines is 1. The van der Waals surface area contributed by atoms with Gasteiger partial charge in [0.25, 0.3) is 0 Å². The maximum absolute atomic E-state index is 13.3. The van der Waals surface area contributed by atoms with Gasteiger partial charge in [0.2, 0.25) is 5.91 Å². The van der Waals surface area contributed by atoms with E-state index >= 15 is 0 Å². The molecule has 0 radical (unpaired) electrons. The number of phenolic OH excluding ortho intramolecular Hbond substituents is 2. The summed E-state index contributed by atoms with van der Waals surface area (Å²) in [6.45, 7) is 0. The number of hydrogen-bond acceptors (Lipinski definition) is 3. The van der Waals surface area contributed by atoms with Gasteiger partial charge in [-0.1, -0.05) is 6.07 Å². The number of carbonyl (C=O) groups is 1. The first-order valence-electron chi connectivity index (χ1n) is 5.71. The van der Waals surface area contributed by atoms with E-state index in [-0.39, 0.29) is 23.6 Å². The molecule has 2 aromatic carbocycles. The molecular weight excluding hydrogens is 268 g/mol. The van der Waals surface area contributed by atoms with Gasteiger partial charge in [-0.15, -0.1) is 0 Å². The van der Waals surface area contributed by atoms with Crippen LogP contribution in [0.5, 0.6) is 11.5 Å². The second-order valence-electron chi connectivity index (χ2n) is 4.17. The van der Waals surface area contributed by atoms with Gasteiger partial charge in [-0.3, -0.25) is 4.79 Å². The van der Waals surface area contributed by atoms with E-state index in [4.69, 9.17) is 5.11 Å². The SMILES string of the molecule is O=C(Cc1ccc(O)c(O)c1)Nc1ccc(F)cc1F. The molecule has 0 saturated heterocycles. The Morgan fingerprint density at radius 3 is 2.45 bits per heavy atom. The van der Waals surface area contributed by atoms with Crippen LogP contribution in [0.3, 0.4) is 0 Å². The first-order chi connectivity index (χ1) is 9.45. The molecule has 0 unspecified atom stereocenters. The fraction of sp³-hybridized carbons (Fsp3) is 0.0714. The standard InChI is InChI=1S/C14H11F2NO3/c15-9-2-3-11(10(16)7-9)17-14(20)6-8-1-4-12(18)13(19)5-8/h1-5,7,18-19H,6H2,(H,17,20). The number of phenols is 2. The Balaban J connectivity index is 2.07. The molecule has 4 nitrogen and oxygen atoms in total. The zero-order valence-corrected chi connectivity index (χ0v) is 10.2. The molecule has 0 atom stereocenters. The van der Waals surface area contributed by atoms with Crippen LogP contribution < -0.4 is 5.32 Å². The van der Waals surface area contributed by atoms with Crippen molar-refractivity contribution in [1.82, 2.24) is 0 Å². The third-order valence-electron chi connectivity index (χ3n) is 2.61. The van der Waals surface area contributed by atoms with Gasteiger partial charge in [0.1, 0.15) is 11.6 Å². The smallest absolute Gasteiger partial charge is 0.228 e. The highest BCUT2D eigenvalue weighted by atomic mass is 19.1. The van der Waals surface area contributed by atoms with Crippen molar-refractivity contribution in [2.24, 2.45) is 0 Å². The molecule has 0 heterocycles. The summed E-state index contributed by atoms with van der Waals surface area (Å²) in [5.74, 6) is -2.77. The van der Waals surface area contributed by atoms with Crippen LogP contribution in [0.15, 0.2) is 36.4 Å². The van der Waals surface area contributed by atoms with E-state index in [0.717, 1.165) is 12.1 Å². The van der Waals surface area contributed by atoms with Gasteiger partial charge in [0.15, 0.2) is 11.5 Å². The quantitative estimate of drug-likeness (QED) is 0.756. The van der Waals surface area contributed by atoms with Gasteiger partial charge < -0.3 is 15.5 Å². The summed E-state index contributed by atoms with van der Waals surface area (Å²) >= 11 is 0. The van der Waals surface area contributed by atoms with E-state index in [1.54, 1.807) is 0 Å². The Hall–Kier alpha value is -2.63. The predicted octanol–water partition coefficient (Wildman–Crippen LogP) is 2.56. The Kier molecular flexibility index (Phi) is 3.84. The molecule has 0 aliphatic heterocycles. The average Bonchev–Trinajstić information content (AvgIpc) is 2.37. The maximum Gasteiger partial charge on any atom is 0.228 e. The van der Waals surface area contributed by atoms with Crippen LogP contribution >= 0.6 is 0 Å². The first-order valence-corrected chi connectivity index (χ1v) is 5.71. The third-order valence-corrected chi connectivity index (χ3v) is 2.61. The van der Waals surface area contributed by atoms with Crippen molar-refractivity contribution in [2.45, 2.75) is 6.42 Å². The minimum absolute atomic E-state index is 0.120. The van der Waals surface area contributed by atoms with Gasteiger partial charge in [0.05, 0.1) is 12.1 Å². The second kappa shape index (κ2) is 5.56. The zero-order valence-electron chi connectivity index (χ0n) is 10.2. The van der Waals surface area contributed by atoms with Gasteiger partial charge in [-0.2, -0.15) is 0 Å². The topological polar surface area (TPSA) is 69.6 Å². The molecule has 1 amide bonds. The Morgan fingerprint density at radius 1 is 1.05 bits per heavy atom. The van der Waals surface area contributed by atoms with Crippen molar-refractivity contribution in [3.8, 4) is 11.5 Å². The highest BCUT2D eigenvalue weighted by Gasteiger charge is 2.10. The summed E-state index contributed by atoms with van der Waals surface area (Å²) in [4.78, 5) is 11.7. The number of aromatic hydroxyl groups is 2. The normalized spacial score (nSPS) is 10.3. The van der Waals surface area contributed by atoms with Crippen molar-refractivity contribution in [3.63, 3.8) is 0 Å². The number of hydrogen-bond donors (Lipinski definition) is 3. The van der Waals surface area contributed by atoms with Crippen molar-refractivity contribution in [2.75, 3.05) is 5.32 Å². The molecule has 0 saturated carbocycles. The summed E-state index contributed by atoms with van der Waals surface area (Å²) in [6.07, 6.45) is -0.120. The van der Waals surface area contributed by atoms with Crippen LogP contribution in [0.25, 0.3) is 0 Å². The fourth-order valence-electron chi connectivity index (χ4n) is 1.65. The molecule has 2 rings (SSSR count). The lowest BCUT2D eigenvalue weighted by molar-refractivity contribution is -0.115. The lowest BCUT2D eigenvalue weighted by Crippen LogP contribution is -2.15. The highest BCUT2D eigenvalue weighted by molar-refractivity contribution is 5.92. The zero-order chi connectivity index (χ0) is 14.7. The van der Waals surface area contributed by atoms with Crippen molar-refractivity contribution < 1.29 is 23.8 Å². The molecule has 20 heavy (non-hydrogen) atoms. The molecule has 0 bridgehead atoms. The largest absolute Gasteiger partial charge is 0.504 e. The van der Waals surface area contributed by atoms with Gasteiger partial charge in [-0.05, 0) is 29.8 Å². The lowest BCUT2D eigenvalue weighted by atomic mass is 10.1. The number of carbonyl (C=O) groups excluding carboxylic acids is 1. The highest BCUT2D eigenvalue weighted by Crippen LogP contribution is 2.25. The molecule has 2 aromatic rings.